The van der Waals surface area contributed by atoms with E-state index in [-0.39, 0.29) is 0 Å². The molecule has 2 rings (SSSR count). The number of hydrogen-bond donors (Lipinski definition) is 2. The second-order valence-electron chi connectivity index (χ2n) is 3.82. The molecule has 0 unspecified atom stereocenters. The molecule has 2 aromatic rings. The van der Waals surface area contributed by atoms with Gasteiger partial charge < -0.3 is 11.1 Å². The Labute approximate surface area is 110 Å². The van der Waals surface area contributed by atoms with Crippen molar-refractivity contribution >= 4 is 34.3 Å². The molecule has 0 aliphatic carbocycles. The summed E-state index contributed by atoms with van der Waals surface area (Å²) in [6.45, 7) is 2.98. The quantitative estimate of drug-likeness (QED) is 0.816. The number of nitrogens with two attached hydrogens (primary N) is 1. The minimum Gasteiger partial charge on any atom is -0.399 e. The lowest BCUT2D eigenvalue weighted by molar-refractivity contribution is 1.08. The van der Waals surface area contributed by atoms with E-state index >= 15 is 0 Å². The van der Waals surface area contributed by atoms with Crippen LogP contribution >= 0.6 is 22.9 Å². The fraction of sp³-hybridized carbons (Fsp3) is 0.231. The molecule has 0 spiro atoms. The van der Waals surface area contributed by atoms with Gasteiger partial charge in [-0.2, -0.15) is 0 Å². The van der Waals surface area contributed by atoms with Crippen LogP contribution in [0.5, 0.6) is 0 Å². The first-order chi connectivity index (χ1) is 8.20. The van der Waals surface area contributed by atoms with Crippen LogP contribution in [0, 0.1) is 0 Å². The number of halogens is 1. The smallest absolute Gasteiger partial charge is 0.0658 e. The van der Waals surface area contributed by atoms with Crippen LogP contribution in [0.15, 0.2) is 29.6 Å². The number of nitrogens with one attached hydrogen (secondary N) is 1. The molecule has 1 heterocycles. The Hall–Kier alpha value is -1.19. The molecular weight excluding hydrogens is 252 g/mol. The SMILES string of the molecule is CCc1ccsc1CNc1ccc(N)cc1Cl. The topological polar surface area (TPSA) is 38.0 Å². The molecule has 0 radical (unpaired) electrons. The number of rotatable bonds is 4. The highest BCUT2D eigenvalue weighted by atomic mass is 35.5. The van der Waals surface area contributed by atoms with Crippen LogP contribution in [0.2, 0.25) is 5.02 Å². The summed E-state index contributed by atoms with van der Waals surface area (Å²) in [5.41, 5.74) is 8.66. The first-order valence-electron chi connectivity index (χ1n) is 5.55. The minimum absolute atomic E-state index is 0.666. The van der Waals surface area contributed by atoms with E-state index in [0.29, 0.717) is 10.7 Å². The van der Waals surface area contributed by atoms with Crippen molar-refractivity contribution in [1.82, 2.24) is 0 Å². The second-order valence-corrected chi connectivity index (χ2v) is 5.22. The van der Waals surface area contributed by atoms with Crippen LogP contribution in [0.4, 0.5) is 11.4 Å². The zero-order chi connectivity index (χ0) is 12.3. The van der Waals surface area contributed by atoms with E-state index in [9.17, 15) is 0 Å². The van der Waals surface area contributed by atoms with Crippen molar-refractivity contribution in [1.29, 1.82) is 0 Å². The molecule has 90 valence electrons. The monoisotopic (exact) mass is 266 g/mol. The van der Waals surface area contributed by atoms with Gasteiger partial charge in [-0.05, 0) is 41.6 Å². The van der Waals surface area contributed by atoms with Crippen LogP contribution in [-0.2, 0) is 13.0 Å². The molecule has 0 saturated heterocycles. The van der Waals surface area contributed by atoms with Crippen LogP contribution in [-0.4, -0.2) is 0 Å². The highest BCUT2D eigenvalue weighted by molar-refractivity contribution is 7.10. The second kappa shape index (κ2) is 5.43. The summed E-state index contributed by atoms with van der Waals surface area (Å²) < 4.78 is 0. The minimum atomic E-state index is 0.666. The normalized spacial score (nSPS) is 10.5. The Morgan fingerprint density at radius 3 is 2.88 bits per heavy atom. The molecule has 3 N–H and O–H groups in total. The van der Waals surface area contributed by atoms with E-state index in [1.807, 2.05) is 12.1 Å². The zero-order valence-electron chi connectivity index (χ0n) is 9.66. The van der Waals surface area contributed by atoms with E-state index in [2.05, 4.69) is 23.7 Å². The highest BCUT2D eigenvalue weighted by Crippen LogP contribution is 2.26. The summed E-state index contributed by atoms with van der Waals surface area (Å²) in [5.74, 6) is 0. The lowest BCUT2D eigenvalue weighted by Crippen LogP contribution is -2.00. The van der Waals surface area contributed by atoms with Gasteiger partial charge in [-0.25, -0.2) is 0 Å². The summed E-state index contributed by atoms with van der Waals surface area (Å²) in [4.78, 5) is 1.36. The molecule has 17 heavy (non-hydrogen) atoms. The van der Waals surface area contributed by atoms with Crippen molar-refractivity contribution in [3.63, 3.8) is 0 Å². The number of thiophene rings is 1. The van der Waals surface area contributed by atoms with Gasteiger partial charge in [0.2, 0.25) is 0 Å². The average Bonchev–Trinajstić information content (AvgIpc) is 2.75. The van der Waals surface area contributed by atoms with Crippen molar-refractivity contribution < 1.29 is 0 Å². The summed E-state index contributed by atoms with van der Waals surface area (Å²) in [6.07, 6.45) is 1.07. The zero-order valence-corrected chi connectivity index (χ0v) is 11.2. The maximum Gasteiger partial charge on any atom is 0.0658 e. The van der Waals surface area contributed by atoms with Crippen molar-refractivity contribution in [2.75, 3.05) is 11.1 Å². The van der Waals surface area contributed by atoms with Crippen LogP contribution in [0.25, 0.3) is 0 Å². The molecule has 0 amide bonds. The predicted molar refractivity (Wildman–Crippen MR) is 76.9 cm³/mol. The maximum absolute atomic E-state index is 6.10. The third-order valence-corrected chi connectivity index (χ3v) is 3.93. The first-order valence-corrected chi connectivity index (χ1v) is 6.80. The Bertz CT molecular complexity index is 508. The third kappa shape index (κ3) is 2.93. The van der Waals surface area contributed by atoms with Crippen molar-refractivity contribution in [3.8, 4) is 0 Å². The molecule has 4 heteroatoms. The molecule has 0 saturated carbocycles. The van der Waals surface area contributed by atoms with Gasteiger partial charge in [-0.3, -0.25) is 0 Å². The number of nitrogen functional groups attached to an aromatic ring is 1. The fourth-order valence-corrected chi connectivity index (χ4v) is 2.86. The Balaban J connectivity index is 2.07. The van der Waals surface area contributed by atoms with Gasteiger partial charge in [0.25, 0.3) is 0 Å². The largest absolute Gasteiger partial charge is 0.399 e. The van der Waals surface area contributed by atoms with Crippen LogP contribution in [0.1, 0.15) is 17.4 Å². The van der Waals surface area contributed by atoms with Crippen molar-refractivity contribution in [2.45, 2.75) is 19.9 Å². The number of anilines is 2. The molecule has 0 aliphatic heterocycles. The van der Waals surface area contributed by atoms with Gasteiger partial charge in [-0.15, -0.1) is 11.3 Å². The summed E-state index contributed by atoms with van der Waals surface area (Å²) in [7, 11) is 0. The van der Waals surface area contributed by atoms with Gasteiger partial charge in [0, 0.05) is 17.1 Å². The molecule has 1 aromatic heterocycles. The summed E-state index contributed by atoms with van der Waals surface area (Å²) in [5, 5.41) is 6.13. The molecular formula is C13H15ClN2S. The lowest BCUT2D eigenvalue weighted by atomic mass is 10.2. The number of benzene rings is 1. The Morgan fingerprint density at radius 1 is 1.35 bits per heavy atom. The Kier molecular flexibility index (Phi) is 3.92. The van der Waals surface area contributed by atoms with E-state index < -0.39 is 0 Å². The van der Waals surface area contributed by atoms with Gasteiger partial charge in [-0.1, -0.05) is 18.5 Å². The molecule has 0 aliphatic rings. The standard InChI is InChI=1S/C13H15ClN2S/c1-2-9-5-6-17-13(9)8-16-12-4-3-10(15)7-11(12)14/h3-7,16H,2,8,15H2,1H3. The number of hydrogen-bond acceptors (Lipinski definition) is 3. The van der Waals surface area contributed by atoms with E-state index in [1.165, 1.54) is 10.4 Å². The predicted octanol–water partition coefficient (Wildman–Crippen LogP) is 4.16. The van der Waals surface area contributed by atoms with E-state index in [0.717, 1.165) is 18.7 Å². The summed E-state index contributed by atoms with van der Waals surface area (Å²) >= 11 is 7.88. The Morgan fingerprint density at radius 2 is 2.18 bits per heavy atom. The van der Waals surface area contributed by atoms with Gasteiger partial charge in [0.1, 0.15) is 0 Å². The maximum atomic E-state index is 6.10. The number of aryl methyl sites for hydroxylation is 1. The average molecular weight is 267 g/mol. The van der Waals surface area contributed by atoms with Gasteiger partial charge >= 0.3 is 0 Å². The highest BCUT2D eigenvalue weighted by Gasteiger charge is 2.04. The van der Waals surface area contributed by atoms with E-state index in [4.69, 9.17) is 17.3 Å². The van der Waals surface area contributed by atoms with Crippen LogP contribution in [0.3, 0.4) is 0 Å². The van der Waals surface area contributed by atoms with Crippen LogP contribution < -0.4 is 11.1 Å². The van der Waals surface area contributed by atoms with Crippen molar-refractivity contribution in [3.05, 3.63) is 45.1 Å². The van der Waals surface area contributed by atoms with Crippen molar-refractivity contribution in [2.24, 2.45) is 0 Å². The molecule has 0 atom stereocenters. The molecule has 0 bridgehead atoms. The van der Waals surface area contributed by atoms with Gasteiger partial charge in [0.15, 0.2) is 0 Å². The molecule has 1 aromatic carbocycles. The first kappa shape index (κ1) is 12.3. The summed E-state index contributed by atoms with van der Waals surface area (Å²) in [6, 6.07) is 7.70. The molecule has 0 fully saturated rings. The third-order valence-electron chi connectivity index (χ3n) is 2.65. The van der Waals surface area contributed by atoms with Gasteiger partial charge in [0.05, 0.1) is 10.7 Å². The lowest BCUT2D eigenvalue weighted by Gasteiger charge is -2.09. The van der Waals surface area contributed by atoms with E-state index in [1.54, 1.807) is 17.4 Å². The fourth-order valence-electron chi connectivity index (χ4n) is 1.69. The molecule has 2 nitrogen and oxygen atoms in total.